The van der Waals surface area contributed by atoms with Gasteiger partial charge in [-0.05, 0) is 30.7 Å². The van der Waals surface area contributed by atoms with Crippen molar-refractivity contribution in [3.8, 4) is 5.75 Å². The lowest BCUT2D eigenvalue weighted by Crippen LogP contribution is -1.97. The van der Waals surface area contributed by atoms with E-state index in [4.69, 9.17) is 9.84 Å². The van der Waals surface area contributed by atoms with Crippen LogP contribution >= 0.6 is 0 Å². The van der Waals surface area contributed by atoms with E-state index in [0.717, 1.165) is 5.56 Å². The molecule has 0 radical (unpaired) electrons. The predicted molar refractivity (Wildman–Crippen MR) is 51.4 cm³/mol. The molecule has 0 saturated heterocycles. The average Bonchev–Trinajstić information content (AvgIpc) is 2.04. The molecule has 0 saturated carbocycles. The van der Waals surface area contributed by atoms with Gasteiger partial charge in [0.25, 0.3) is 0 Å². The summed E-state index contributed by atoms with van der Waals surface area (Å²) in [5.74, 6) is -0.208. The third-order valence-corrected chi connectivity index (χ3v) is 1.64. The van der Waals surface area contributed by atoms with Gasteiger partial charge in [-0.2, -0.15) is 0 Å². The maximum absolute atomic E-state index is 10.5. The highest BCUT2D eigenvalue weighted by atomic mass is 16.5. The Morgan fingerprint density at radius 3 is 2.46 bits per heavy atom. The summed E-state index contributed by atoms with van der Waals surface area (Å²) in [6.07, 6.45) is 0. The van der Waals surface area contributed by atoms with E-state index in [2.05, 4.69) is 0 Å². The topological polar surface area (TPSA) is 46.5 Å². The number of ether oxygens (including phenoxy) is 1. The minimum atomic E-state index is -0.916. The summed E-state index contributed by atoms with van der Waals surface area (Å²) >= 11 is 0. The molecule has 0 aromatic heterocycles. The summed E-state index contributed by atoms with van der Waals surface area (Å²) in [6, 6.07) is 4.76. The smallest absolute Gasteiger partial charge is 0.335 e. The summed E-state index contributed by atoms with van der Waals surface area (Å²) in [5.41, 5.74) is 1.12. The number of aryl methyl sites for hydroxylation is 1. The van der Waals surface area contributed by atoms with Crippen molar-refractivity contribution >= 4 is 5.97 Å². The van der Waals surface area contributed by atoms with Crippen LogP contribution in [0.15, 0.2) is 18.2 Å². The maximum atomic E-state index is 10.5. The number of benzene rings is 1. The first-order valence-corrected chi connectivity index (χ1v) is 3.53. The average molecular weight is 182 g/mol. The van der Waals surface area contributed by atoms with E-state index in [1.807, 2.05) is 6.92 Å². The van der Waals surface area contributed by atoms with Gasteiger partial charge in [0.1, 0.15) is 5.75 Å². The fraction of sp³-hybridized carbons (Fsp3) is 0.300. The second-order valence-corrected chi connectivity index (χ2v) is 2.49. The van der Waals surface area contributed by atoms with Gasteiger partial charge in [-0.25, -0.2) is 4.79 Å². The molecule has 1 aromatic rings. The molecule has 0 aliphatic heterocycles. The van der Waals surface area contributed by atoms with E-state index < -0.39 is 5.97 Å². The second-order valence-electron chi connectivity index (χ2n) is 2.49. The molecule has 0 aliphatic rings. The minimum absolute atomic E-state index is 0. The first-order valence-electron chi connectivity index (χ1n) is 3.53. The van der Waals surface area contributed by atoms with E-state index in [1.54, 1.807) is 19.2 Å². The van der Waals surface area contributed by atoms with E-state index in [-0.39, 0.29) is 13.0 Å². The Morgan fingerprint density at radius 2 is 2.08 bits per heavy atom. The molecule has 0 spiro atoms. The third kappa shape index (κ3) is 2.47. The molecule has 0 bridgehead atoms. The van der Waals surface area contributed by atoms with Crippen molar-refractivity contribution in [1.29, 1.82) is 0 Å². The van der Waals surface area contributed by atoms with Crippen LogP contribution in [0.2, 0.25) is 0 Å². The Kier molecular flexibility index (Phi) is 3.98. The SMILES string of the molecule is C.COc1ccc(C(=O)O)cc1C. The number of methoxy groups -OCH3 is 1. The summed E-state index contributed by atoms with van der Waals surface area (Å²) in [4.78, 5) is 10.5. The molecule has 72 valence electrons. The molecule has 0 aliphatic carbocycles. The zero-order chi connectivity index (χ0) is 9.14. The summed E-state index contributed by atoms with van der Waals surface area (Å²) < 4.78 is 4.99. The van der Waals surface area contributed by atoms with Crippen LogP contribution < -0.4 is 4.74 Å². The highest BCUT2D eigenvalue weighted by molar-refractivity contribution is 5.88. The standard InChI is InChI=1S/C9H10O3.CH4/c1-6-5-7(9(10)11)3-4-8(6)12-2;/h3-5H,1-2H3,(H,10,11);1H4. The lowest BCUT2D eigenvalue weighted by Gasteiger charge is -2.03. The molecule has 1 aromatic carbocycles. The summed E-state index contributed by atoms with van der Waals surface area (Å²) in [7, 11) is 1.56. The van der Waals surface area contributed by atoms with Gasteiger partial charge in [0.05, 0.1) is 12.7 Å². The van der Waals surface area contributed by atoms with Gasteiger partial charge in [-0.15, -0.1) is 0 Å². The molecular formula is C10H14O3. The van der Waals surface area contributed by atoms with E-state index >= 15 is 0 Å². The fourth-order valence-corrected chi connectivity index (χ4v) is 1.01. The van der Waals surface area contributed by atoms with Gasteiger partial charge in [0, 0.05) is 0 Å². The van der Waals surface area contributed by atoms with E-state index in [1.165, 1.54) is 6.07 Å². The van der Waals surface area contributed by atoms with Gasteiger partial charge in [0.2, 0.25) is 0 Å². The van der Waals surface area contributed by atoms with Crippen LogP contribution in [0.3, 0.4) is 0 Å². The van der Waals surface area contributed by atoms with Crippen molar-refractivity contribution in [2.24, 2.45) is 0 Å². The van der Waals surface area contributed by atoms with Crippen LogP contribution in [-0.4, -0.2) is 18.2 Å². The van der Waals surface area contributed by atoms with Crippen LogP contribution in [0.5, 0.6) is 5.75 Å². The van der Waals surface area contributed by atoms with Crippen LogP contribution in [0, 0.1) is 6.92 Å². The zero-order valence-electron chi connectivity index (χ0n) is 7.00. The molecule has 0 atom stereocenters. The normalized spacial score (nSPS) is 8.77. The predicted octanol–water partition coefficient (Wildman–Crippen LogP) is 2.34. The van der Waals surface area contributed by atoms with Gasteiger partial charge in [-0.1, -0.05) is 7.43 Å². The number of carboxylic acids is 1. The Hall–Kier alpha value is -1.51. The van der Waals surface area contributed by atoms with Gasteiger partial charge < -0.3 is 9.84 Å². The van der Waals surface area contributed by atoms with Crippen LogP contribution in [0.1, 0.15) is 23.3 Å². The van der Waals surface area contributed by atoms with Gasteiger partial charge in [-0.3, -0.25) is 0 Å². The lowest BCUT2D eigenvalue weighted by atomic mass is 10.1. The lowest BCUT2D eigenvalue weighted by molar-refractivity contribution is 0.0696. The largest absolute Gasteiger partial charge is 0.496 e. The Morgan fingerprint density at radius 1 is 1.46 bits per heavy atom. The molecule has 13 heavy (non-hydrogen) atoms. The molecule has 0 unspecified atom stereocenters. The summed E-state index contributed by atoms with van der Waals surface area (Å²) in [6.45, 7) is 1.81. The van der Waals surface area contributed by atoms with Gasteiger partial charge in [0.15, 0.2) is 0 Å². The quantitative estimate of drug-likeness (QED) is 0.763. The number of hydrogen-bond donors (Lipinski definition) is 1. The van der Waals surface area contributed by atoms with Crippen LogP contribution in [0.25, 0.3) is 0 Å². The number of carbonyl (C=O) groups is 1. The first kappa shape index (κ1) is 11.5. The maximum Gasteiger partial charge on any atom is 0.335 e. The minimum Gasteiger partial charge on any atom is -0.496 e. The first-order chi connectivity index (χ1) is 5.65. The molecular weight excluding hydrogens is 168 g/mol. The van der Waals surface area contributed by atoms with E-state index in [9.17, 15) is 4.79 Å². The second kappa shape index (κ2) is 4.50. The summed E-state index contributed by atoms with van der Waals surface area (Å²) in [5, 5.41) is 8.63. The highest BCUT2D eigenvalue weighted by Crippen LogP contribution is 2.18. The van der Waals surface area contributed by atoms with Crippen molar-refractivity contribution in [1.82, 2.24) is 0 Å². The number of rotatable bonds is 2. The zero-order valence-corrected chi connectivity index (χ0v) is 7.00. The Bertz CT molecular complexity index is 305. The number of aromatic carboxylic acids is 1. The Balaban J connectivity index is 0.00000144. The highest BCUT2D eigenvalue weighted by Gasteiger charge is 2.04. The van der Waals surface area contributed by atoms with Crippen molar-refractivity contribution in [3.05, 3.63) is 29.3 Å². The molecule has 1 N–H and O–H groups in total. The van der Waals surface area contributed by atoms with Crippen molar-refractivity contribution in [2.45, 2.75) is 14.4 Å². The molecule has 0 fully saturated rings. The molecule has 1 rings (SSSR count). The van der Waals surface area contributed by atoms with Crippen LogP contribution in [0.4, 0.5) is 0 Å². The number of hydrogen-bond acceptors (Lipinski definition) is 2. The van der Waals surface area contributed by atoms with Crippen molar-refractivity contribution < 1.29 is 14.6 Å². The van der Waals surface area contributed by atoms with Gasteiger partial charge >= 0.3 is 5.97 Å². The number of carboxylic acid groups (broad SMARTS) is 1. The third-order valence-electron chi connectivity index (χ3n) is 1.64. The van der Waals surface area contributed by atoms with Crippen molar-refractivity contribution in [2.75, 3.05) is 7.11 Å². The molecule has 0 amide bonds. The Labute approximate surface area is 78.0 Å². The molecule has 3 heteroatoms. The monoisotopic (exact) mass is 182 g/mol. The molecule has 3 nitrogen and oxygen atoms in total. The fourth-order valence-electron chi connectivity index (χ4n) is 1.01. The van der Waals surface area contributed by atoms with E-state index in [0.29, 0.717) is 5.75 Å². The molecule has 0 heterocycles. The van der Waals surface area contributed by atoms with Crippen molar-refractivity contribution in [3.63, 3.8) is 0 Å². The van der Waals surface area contributed by atoms with Crippen LogP contribution in [-0.2, 0) is 0 Å².